The number of piperidine rings is 1. The average Bonchev–Trinajstić information content (AvgIpc) is 2.57. The molecule has 2 heterocycles. The highest BCUT2D eigenvalue weighted by Gasteiger charge is 2.47. The maximum Gasteiger partial charge on any atom is 0.132 e. The number of fused-ring (bicyclic) bond motifs is 2. The first-order chi connectivity index (χ1) is 8.51. The molecular formula is C15H20FNO. The molecule has 2 bridgehead atoms. The Kier molecular flexibility index (Phi) is 2.72. The molecule has 2 aliphatic heterocycles. The molecule has 3 rings (SSSR count). The zero-order valence-electron chi connectivity index (χ0n) is 11.0. The lowest BCUT2D eigenvalue weighted by Gasteiger charge is -2.42. The van der Waals surface area contributed by atoms with Gasteiger partial charge in [-0.05, 0) is 45.2 Å². The van der Waals surface area contributed by atoms with Gasteiger partial charge in [-0.25, -0.2) is 4.39 Å². The molecule has 0 saturated carbocycles. The molecule has 2 saturated heterocycles. The summed E-state index contributed by atoms with van der Waals surface area (Å²) in [6, 6.07) is 6.13. The van der Waals surface area contributed by atoms with Gasteiger partial charge in [0, 0.05) is 17.6 Å². The Hall–Kier alpha value is -0.930. The van der Waals surface area contributed by atoms with Crippen LogP contribution in [0.3, 0.4) is 0 Å². The summed E-state index contributed by atoms with van der Waals surface area (Å²) in [6.07, 6.45) is 3.55. The third-order valence-electron chi connectivity index (χ3n) is 4.82. The van der Waals surface area contributed by atoms with Crippen molar-refractivity contribution in [3.8, 4) is 0 Å². The van der Waals surface area contributed by atoms with Gasteiger partial charge in [-0.15, -0.1) is 0 Å². The average molecular weight is 249 g/mol. The maximum atomic E-state index is 14.2. The van der Waals surface area contributed by atoms with Crippen molar-refractivity contribution in [3.63, 3.8) is 0 Å². The molecule has 3 heteroatoms. The molecule has 2 aliphatic rings. The summed E-state index contributed by atoms with van der Waals surface area (Å²) in [4.78, 5) is 2.35. The molecule has 0 radical (unpaired) electrons. The van der Waals surface area contributed by atoms with Crippen molar-refractivity contribution in [1.82, 2.24) is 4.90 Å². The van der Waals surface area contributed by atoms with Crippen molar-refractivity contribution in [2.75, 3.05) is 7.05 Å². The summed E-state index contributed by atoms with van der Waals surface area (Å²) in [5.74, 6) is -0.232. The van der Waals surface area contributed by atoms with Crippen LogP contribution < -0.4 is 0 Å². The van der Waals surface area contributed by atoms with E-state index in [1.54, 1.807) is 19.1 Å². The van der Waals surface area contributed by atoms with Crippen LogP contribution in [0.1, 0.15) is 36.8 Å². The first kappa shape index (κ1) is 12.1. The zero-order chi connectivity index (χ0) is 12.9. The van der Waals surface area contributed by atoms with E-state index in [-0.39, 0.29) is 5.82 Å². The molecule has 1 aromatic rings. The highest BCUT2D eigenvalue weighted by atomic mass is 19.1. The molecule has 2 nitrogen and oxygen atoms in total. The van der Waals surface area contributed by atoms with E-state index in [9.17, 15) is 9.50 Å². The highest BCUT2D eigenvalue weighted by Crippen LogP contribution is 2.45. The van der Waals surface area contributed by atoms with E-state index >= 15 is 0 Å². The minimum absolute atomic E-state index is 0.232. The molecule has 2 atom stereocenters. The second-order valence-corrected chi connectivity index (χ2v) is 5.93. The standard InChI is InChI=1S/C15H20FNO/c1-10-4-3-5-13(14(10)16)15(18)8-11-6-7-12(9-15)17(11)2/h3-5,11-12,18H,6-9H2,1-2H3. The Morgan fingerprint density at radius 3 is 2.50 bits per heavy atom. The number of hydrogen-bond donors (Lipinski definition) is 1. The molecule has 0 amide bonds. The van der Waals surface area contributed by atoms with E-state index in [1.165, 1.54) is 0 Å². The van der Waals surface area contributed by atoms with Gasteiger partial charge in [-0.1, -0.05) is 18.2 Å². The smallest absolute Gasteiger partial charge is 0.132 e. The van der Waals surface area contributed by atoms with Crippen LogP contribution in [0.25, 0.3) is 0 Å². The number of hydrogen-bond acceptors (Lipinski definition) is 2. The van der Waals surface area contributed by atoms with E-state index in [0.29, 0.717) is 36.1 Å². The fourth-order valence-corrected chi connectivity index (χ4v) is 3.67. The summed E-state index contributed by atoms with van der Waals surface area (Å²) in [7, 11) is 2.12. The van der Waals surface area contributed by atoms with Crippen LogP contribution in [-0.2, 0) is 5.60 Å². The second-order valence-electron chi connectivity index (χ2n) is 5.93. The third kappa shape index (κ3) is 1.69. The Morgan fingerprint density at radius 1 is 1.28 bits per heavy atom. The number of nitrogens with zero attached hydrogens (tertiary/aromatic N) is 1. The summed E-state index contributed by atoms with van der Waals surface area (Å²) in [5, 5.41) is 10.9. The number of rotatable bonds is 1. The normalized spacial score (nSPS) is 36.0. The lowest BCUT2D eigenvalue weighted by atomic mass is 9.80. The van der Waals surface area contributed by atoms with Gasteiger partial charge in [0.1, 0.15) is 5.82 Å². The summed E-state index contributed by atoms with van der Waals surface area (Å²) in [5.41, 5.74) is 0.133. The molecule has 0 aliphatic carbocycles. The summed E-state index contributed by atoms with van der Waals surface area (Å²) in [6.45, 7) is 1.76. The zero-order valence-corrected chi connectivity index (χ0v) is 11.0. The van der Waals surface area contributed by atoms with Crippen molar-refractivity contribution in [2.45, 2.75) is 50.3 Å². The van der Waals surface area contributed by atoms with Crippen LogP contribution in [0, 0.1) is 12.7 Å². The van der Waals surface area contributed by atoms with Gasteiger partial charge in [-0.2, -0.15) is 0 Å². The van der Waals surface area contributed by atoms with Gasteiger partial charge in [0.2, 0.25) is 0 Å². The van der Waals surface area contributed by atoms with Gasteiger partial charge in [0.25, 0.3) is 0 Å². The Labute approximate surface area is 107 Å². The summed E-state index contributed by atoms with van der Waals surface area (Å²) < 4.78 is 14.2. The molecule has 0 spiro atoms. The maximum absolute atomic E-state index is 14.2. The van der Waals surface area contributed by atoms with Crippen molar-refractivity contribution >= 4 is 0 Å². The van der Waals surface area contributed by atoms with E-state index in [0.717, 1.165) is 12.8 Å². The largest absolute Gasteiger partial charge is 0.385 e. The topological polar surface area (TPSA) is 23.5 Å². The molecule has 18 heavy (non-hydrogen) atoms. The lowest BCUT2D eigenvalue weighted by Crippen LogP contribution is -2.48. The van der Waals surface area contributed by atoms with Crippen molar-refractivity contribution < 1.29 is 9.50 Å². The molecular weight excluding hydrogens is 229 g/mol. The minimum atomic E-state index is -0.978. The van der Waals surface area contributed by atoms with E-state index < -0.39 is 5.60 Å². The number of halogens is 1. The monoisotopic (exact) mass is 249 g/mol. The SMILES string of the molecule is Cc1cccc(C2(O)CC3CCC(C2)N3C)c1F. The highest BCUT2D eigenvalue weighted by molar-refractivity contribution is 5.31. The molecule has 98 valence electrons. The molecule has 1 aromatic carbocycles. The first-order valence-corrected chi connectivity index (χ1v) is 6.71. The van der Waals surface area contributed by atoms with Crippen molar-refractivity contribution in [2.24, 2.45) is 0 Å². The number of benzene rings is 1. The number of aryl methyl sites for hydroxylation is 1. The number of aliphatic hydroxyl groups is 1. The Bertz CT molecular complexity index is 460. The van der Waals surface area contributed by atoms with E-state index in [1.807, 2.05) is 6.07 Å². The molecule has 2 unspecified atom stereocenters. The van der Waals surface area contributed by atoms with Gasteiger partial charge >= 0.3 is 0 Å². The quantitative estimate of drug-likeness (QED) is 0.827. The fourth-order valence-electron chi connectivity index (χ4n) is 3.67. The van der Waals surface area contributed by atoms with Gasteiger partial charge in [0.05, 0.1) is 5.60 Å². The lowest BCUT2D eigenvalue weighted by molar-refractivity contribution is -0.0516. The van der Waals surface area contributed by atoms with Gasteiger partial charge in [0.15, 0.2) is 0 Å². The third-order valence-corrected chi connectivity index (χ3v) is 4.82. The van der Waals surface area contributed by atoms with Crippen LogP contribution in [0.5, 0.6) is 0 Å². The Balaban J connectivity index is 1.99. The van der Waals surface area contributed by atoms with Crippen LogP contribution in [0.15, 0.2) is 18.2 Å². The van der Waals surface area contributed by atoms with Crippen molar-refractivity contribution in [3.05, 3.63) is 35.1 Å². The fraction of sp³-hybridized carbons (Fsp3) is 0.600. The minimum Gasteiger partial charge on any atom is -0.385 e. The predicted octanol–water partition coefficient (Wildman–Crippen LogP) is 2.58. The van der Waals surface area contributed by atoms with Crippen LogP contribution >= 0.6 is 0 Å². The van der Waals surface area contributed by atoms with Crippen LogP contribution in [0.4, 0.5) is 4.39 Å². The molecule has 0 aromatic heterocycles. The molecule has 2 fully saturated rings. The van der Waals surface area contributed by atoms with Crippen LogP contribution in [0.2, 0.25) is 0 Å². The van der Waals surface area contributed by atoms with Crippen molar-refractivity contribution in [1.29, 1.82) is 0 Å². The van der Waals surface area contributed by atoms with E-state index in [4.69, 9.17) is 0 Å². The second kappa shape index (κ2) is 4.04. The van der Waals surface area contributed by atoms with Gasteiger partial charge < -0.3 is 10.0 Å². The van der Waals surface area contributed by atoms with Gasteiger partial charge in [-0.3, -0.25) is 0 Å². The van der Waals surface area contributed by atoms with E-state index in [2.05, 4.69) is 11.9 Å². The molecule has 1 N–H and O–H groups in total. The Morgan fingerprint density at radius 2 is 1.89 bits per heavy atom. The van der Waals surface area contributed by atoms with Crippen LogP contribution in [-0.4, -0.2) is 29.1 Å². The first-order valence-electron chi connectivity index (χ1n) is 6.71. The summed E-state index contributed by atoms with van der Waals surface area (Å²) >= 11 is 0. The predicted molar refractivity (Wildman–Crippen MR) is 68.8 cm³/mol.